The molecule has 0 heterocycles. The molecule has 0 atom stereocenters. The summed E-state index contributed by atoms with van der Waals surface area (Å²) in [4.78, 5) is 11.8. The van der Waals surface area contributed by atoms with Crippen LogP contribution in [-0.4, -0.2) is 5.78 Å². The number of hydrogen-bond donors (Lipinski definition) is 0. The maximum absolute atomic E-state index is 11.8. The van der Waals surface area contributed by atoms with Crippen LogP contribution in [-0.2, 0) is 0 Å². The van der Waals surface area contributed by atoms with Crippen LogP contribution in [0.5, 0.6) is 0 Å². The first kappa shape index (κ1) is 11.1. The lowest BCUT2D eigenvalue weighted by atomic mass is 10.1. The third kappa shape index (κ3) is 2.82. The van der Waals surface area contributed by atoms with Gasteiger partial charge in [-0.1, -0.05) is 66.4 Å². The van der Waals surface area contributed by atoms with Crippen molar-refractivity contribution in [2.45, 2.75) is 0 Å². The van der Waals surface area contributed by atoms with Gasteiger partial charge in [0, 0.05) is 5.56 Å². The fourth-order valence-electron chi connectivity index (χ4n) is 1.49. The smallest absolute Gasteiger partial charge is 0.185 e. The van der Waals surface area contributed by atoms with Crippen molar-refractivity contribution in [2.75, 3.05) is 0 Å². The summed E-state index contributed by atoms with van der Waals surface area (Å²) in [5.41, 5.74) is 1.05. The number of benzene rings is 2. The molecular formula is C15H11O2-. The summed E-state index contributed by atoms with van der Waals surface area (Å²) in [6.07, 6.45) is 1.13. The Balaban J connectivity index is 2.24. The minimum atomic E-state index is -0.264. The second-order valence-corrected chi connectivity index (χ2v) is 3.60. The topological polar surface area (TPSA) is 40.1 Å². The van der Waals surface area contributed by atoms with Crippen molar-refractivity contribution in [3.63, 3.8) is 0 Å². The highest BCUT2D eigenvalue weighted by atomic mass is 16.3. The van der Waals surface area contributed by atoms with Crippen molar-refractivity contribution in [3.05, 3.63) is 77.9 Å². The lowest BCUT2D eigenvalue weighted by molar-refractivity contribution is -0.243. The lowest BCUT2D eigenvalue weighted by Crippen LogP contribution is -2.05. The van der Waals surface area contributed by atoms with E-state index in [1.807, 2.05) is 12.1 Å². The van der Waals surface area contributed by atoms with Crippen LogP contribution in [0, 0.1) is 0 Å². The number of ketones is 1. The summed E-state index contributed by atoms with van der Waals surface area (Å²) in [6.45, 7) is 0. The van der Waals surface area contributed by atoms with E-state index >= 15 is 0 Å². The Morgan fingerprint density at radius 1 is 0.824 bits per heavy atom. The molecule has 0 aliphatic heterocycles. The molecule has 0 aliphatic carbocycles. The zero-order valence-electron chi connectivity index (χ0n) is 9.17. The van der Waals surface area contributed by atoms with Gasteiger partial charge in [-0.05, 0) is 11.6 Å². The van der Waals surface area contributed by atoms with Gasteiger partial charge in [-0.3, -0.25) is 4.79 Å². The normalized spacial score (nSPS) is 11.2. The quantitative estimate of drug-likeness (QED) is 0.455. The van der Waals surface area contributed by atoms with Crippen molar-refractivity contribution in [2.24, 2.45) is 0 Å². The molecule has 2 heteroatoms. The molecule has 0 bridgehead atoms. The van der Waals surface area contributed by atoms with Crippen molar-refractivity contribution in [1.82, 2.24) is 0 Å². The Morgan fingerprint density at radius 3 is 1.82 bits per heavy atom. The molecule has 0 radical (unpaired) electrons. The number of rotatable bonds is 3. The van der Waals surface area contributed by atoms with Gasteiger partial charge in [0.05, 0.1) is 0 Å². The van der Waals surface area contributed by atoms with Crippen LogP contribution < -0.4 is 5.11 Å². The predicted octanol–water partition coefficient (Wildman–Crippen LogP) is 2.27. The van der Waals surface area contributed by atoms with Crippen molar-refractivity contribution in [1.29, 1.82) is 0 Å². The molecule has 0 unspecified atom stereocenters. The van der Waals surface area contributed by atoms with Crippen LogP contribution in [0.4, 0.5) is 0 Å². The molecule has 0 saturated heterocycles. The van der Waals surface area contributed by atoms with E-state index in [1.54, 1.807) is 48.5 Å². The number of hydrogen-bond acceptors (Lipinski definition) is 2. The largest absolute Gasteiger partial charge is 0.872 e. The van der Waals surface area contributed by atoms with Crippen LogP contribution >= 0.6 is 0 Å². The molecule has 0 aromatic heterocycles. The fraction of sp³-hybridized carbons (Fsp3) is 0. The van der Waals surface area contributed by atoms with Gasteiger partial charge in [0.15, 0.2) is 5.78 Å². The zero-order valence-corrected chi connectivity index (χ0v) is 9.17. The maximum Gasteiger partial charge on any atom is 0.185 e. The first-order chi connectivity index (χ1) is 8.27. The Morgan fingerprint density at radius 2 is 1.29 bits per heavy atom. The first-order valence-corrected chi connectivity index (χ1v) is 5.31. The molecule has 17 heavy (non-hydrogen) atoms. The van der Waals surface area contributed by atoms with Gasteiger partial charge in [-0.15, -0.1) is 0 Å². The van der Waals surface area contributed by atoms with Crippen LogP contribution in [0.25, 0.3) is 5.76 Å². The minimum Gasteiger partial charge on any atom is -0.872 e. The van der Waals surface area contributed by atoms with E-state index in [1.165, 1.54) is 0 Å². The van der Waals surface area contributed by atoms with Gasteiger partial charge in [-0.2, -0.15) is 0 Å². The average molecular weight is 223 g/mol. The highest BCUT2D eigenvalue weighted by Crippen LogP contribution is 2.09. The Labute approximate surface area is 99.8 Å². The van der Waals surface area contributed by atoms with Crippen molar-refractivity contribution < 1.29 is 9.90 Å². The van der Waals surface area contributed by atoms with E-state index in [0.29, 0.717) is 11.1 Å². The molecule has 2 rings (SSSR count). The first-order valence-electron chi connectivity index (χ1n) is 5.31. The maximum atomic E-state index is 11.8. The minimum absolute atomic E-state index is 0.264. The van der Waals surface area contributed by atoms with E-state index in [-0.39, 0.29) is 11.5 Å². The molecule has 0 N–H and O–H groups in total. The highest BCUT2D eigenvalue weighted by Gasteiger charge is 2.00. The van der Waals surface area contributed by atoms with Gasteiger partial charge in [0.1, 0.15) is 0 Å². The second-order valence-electron chi connectivity index (χ2n) is 3.60. The summed E-state index contributed by atoms with van der Waals surface area (Å²) in [5, 5.41) is 11.8. The molecular weight excluding hydrogens is 212 g/mol. The monoisotopic (exact) mass is 223 g/mol. The van der Waals surface area contributed by atoms with Gasteiger partial charge in [0.25, 0.3) is 0 Å². The summed E-state index contributed by atoms with van der Waals surface area (Å²) in [6, 6.07) is 17.5. The molecule has 2 aromatic rings. The second kappa shape index (κ2) is 5.12. The zero-order chi connectivity index (χ0) is 12.1. The molecule has 0 spiro atoms. The third-order valence-electron chi connectivity index (χ3n) is 2.38. The van der Waals surface area contributed by atoms with E-state index in [2.05, 4.69) is 0 Å². The van der Waals surface area contributed by atoms with Crippen LogP contribution in [0.1, 0.15) is 15.9 Å². The van der Waals surface area contributed by atoms with E-state index in [9.17, 15) is 9.90 Å². The van der Waals surface area contributed by atoms with Crippen molar-refractivity contribution >= 4 is 11.5 Å². The van der Waals surface area contributed by atoms with Crippen molar-refractivity contribution in [3.8, 4) is 0 Å². The van der Waals surface area contributed by atoms with Crippen LogP contribution in [0.3, 0.4) is 0 Å². The number of carbonyl (C=O) groups is 1. The molecule has 0 amide bonds. The highest BCUT2D eigenvalue weighted by molar-refractivity contribution is 6.07. The van der Waals surface area contributed by atoms with E-state index in [0.717, 1.165) is 6.08 Å². The number of allylic oxidation sites excluding steroid dienone is 1. The summed E-state index contributed by atoms with van der Waals surface area (Å²) >= 11 is 0. The van der Waals surface area contributed by atoms with Crippen LogP contribution in [0.2, 0.25) is 0 Å². The average Bonchev–Trinajstić information content (AvgIpc) is 2.40. The molecule has 2 nitrogen and oxygen atoms in total. The molecule has 2 aromatic carbocycles. The Bertz CT molecular complexity index is 527. The van der Waals surface area contributed by atoms with Crippen LogP contribution in [0.15, 0.2) is 66.7 Å². The van der Waals surface area contributed by atoms with Gasteiger partial charge in [-0.25, -0.2) is 0 Å². The van der Waals surface area contributed by atoms with Gasteiger partial charge >= 0.3 is 0 Å². The Hall–Kier alpha value is -2.35. The summed E-state index contributed by atoms with van der Waals surface area (Å²) < 4.78 is 0. The molecule has 0 aliphatic rings. The summed E-state index contributed by atoms with van der Waals surface area (Å²) in [7, 11) is 0. The predicted molar refractivity (Wildman–Crippen MR) is 65.2 cm³/mol. The standard InChI is InChI=1S/C15H12O2/c16-14(12-7-3-1-4-8-12)11-15(17)13-9-5-2-6-10-13/h1-11,16H/p-1/b14-11+. The summed E-state index contributed by atoms with van der Waals surface area (Å²) in [5.74, 6) is -0.529. The molecule has 0 saturated carbocycles. The third-order valence-corrected chi connectivity index (χ3v) is 2.38. The van der Waals surface area contributed by atoms with E-state index < -0.39 is 0 Å². The molecule has 84 valence electrons. The van der Waals surface area contributed by atoms with E-state index in [4.69, 9.17) is 0 Å². The lowest BCUT2D eigenvalue weighted by Gasteiger charge is -2.11. The van der Waals surface area contributed by atoms with Gasteiger partial charge < -0.3 is 5.11 Å². The fourth-order valence-corrected chi connectivity index (χ4v) is 1.49. The Kier molecular flexibility index (Phi) is 3.36. The molecule has 0 fully saturated rings. The number of carbonyl (C=O) groups excluding carboxylic acids is 1. The van der Waals surface area contributed by atoms with Gasteiger partial charge in [0.2, 0.25) is 0 Å². The SMILES string of the molecule is O=C(/C=C(/[O-])c1ccccc1)c1ccccc1.